The Labute approximate surface area is 277 Å². The molecule has 0 radical (unpaired) electrons. The van der Waals surface area contributed by atoms with Gasteiger partial charge in [-0.1, -0.05) is 65.5 Å². The van der Waals surface area contributed by atoms with Gasteiger partial charge in [0.2, 0.25) is 0 Å². The van der Waals surface area contributed by atoms with Crippen LogP contribution in [0.3, 0.4) is 0 Å². The van der Waals surface area contributed by atoms with E-state index >= 15 is 0 Å². The molecule has 0 aromatic rings. The molecule has 1 saturated heterocycles. The predicted octanol–water partition coefficient (Wildman–Crippen LogP) is 5.96. The average Bonchev–Trinajstić information content (AvgIpc) is 3.37. The highest BCUT2D eigenvalue weighted by Crippen LogP contribution is 2.67. The molecule has 4 N–H and O–H groups in total. The van der Waals surface area contributed by atoms with Crippen LogP contribution in [0.25, 0.3) is 0 Å². The van der Waals surface area contributed by atoms with E-state index in [1.807, 2.05) is 0 Å². The van der Waals surface area contributed by atoms with E-state index in [4.69, 9.17) is 14.2 Å². The van der Waals surface area contributed by atoms with E-state index in [0.29, 0.717) is 36.4 Å². The van der Waals surface area contributed by atoms with Crippen LogP contribution in [0, 0.1) is 46.3 Å². The molecule has 0 aromatic heterocycles. The van der Waals surface area contributed by atoms with E-state index in [2.05, 4.69) is 40.7 Å². The first-order chi connectivity index (χ1) is 21.5. The first-order valence-corrected chi connectivity index (χ1v) is 19.4. The highest BCUT2D eigenvalue weighted by molar-refractivity contribution is 7.99. The van der Waals surface area contributed by atoms with Gasteiger partial charge in [0, 0.05) is 5.75 Å². The normalized spacial score (nSPS) is 43.8. The van der Waals surface area contributed by atoms with Crippen LogP contribution in [0.15, 0.2) is 11.6 Å². The highest BCUT2D eigenvalue weighted by Gasteiger charge is 2.59. The van der Waals surface area contributed by atoms with Crippen molar-refractivity contribution in [3.05, 3.63) is 11.6 Å². The van der Waals surface area contributed by atoms with Gasteiger partial charge in [0.15, 0.2) is 0 Å². The second kappa shape index (κ2) is 15.6. The largest absolute Gasteiger partial charge is 0.394 e. The van der Waals surface area contributed by atoms with Crippen LogP contribution < -0.4 is 0 Å². The molecule has 1 heterocycles. The fraction of sp³-hybridized carbons (Fsp3) is 0.946. The Morgan fingerprint density at radius 3 is 2.49 bits per heavy atom. The summed E-state index contributed by atoms with van der Waals surface area (Å²) in [6.45, 7) is 13.7. The Balaban J connectivity index is 1.04. The Kier molecular flexibility index (Phi) is 12.5. The number of aliphatic hydroxyl groups excluding tert-OH is 4. The molecule has 8 heteroatoms. The molecule has 260 valence electrons. The molecule has 45 heavy (non-hydrogen) atoms. The fourth-order valence-corrected chi connectivity index (χ4v) is 11.6. The first kappa shape index (κ1) is 36.1. The van der Waals surface area contributed by atoms with Crippen LogP contribution in [-0.2, 0) is 14.2 Å². The topological polar surface area (TPSA) is 109 Å². The van der Waals surface area contributed by atoms with Crippen LogP contribution >= 0.6 is 11.8 Å². The van der Waals surface area contributed by atoms with Crippen molar-refractivity contribution in [3.63, 3.8) is 0 Å². The van der Waals surface area contributed by atoms with Crippen molar-refractivity contribution in [2.24, 2.45) is 46.3 Å². The molecular weight excluding hydrogens is 588 g/mol. The summed E-state index contributed by atoms with van der Waals surface area (Å²) in [6, 6.07) is 0. The van der Waals surface area contributed by atoms with E-state index in [-0.39, 0.29) is 6.10 Å². The minimum atomic E-state index is -1.34. The third-order valence-electron chi connectivity index (χ3n) is 13.2. The maximum Gasteiger partial charge on any atom is 0.132 e. The lowest BCUT2D eigenvalue weighted by Crippen LogP contribution is -2.57. The Morgan fingerprint density at radius 1 is 0.933 bits per heavy atom. The SMILES string of the molecule is CC(C)CCC[C@@H](C)[C@H]1CC[C@H]2[C@@H]3CC=C4C[C@@H](OCCOCCS[C@@H]5O[C@H](CO)[C@H](O)[C@H](O)[C@H]5O)CC[C@]4(C)[C@H]3CC[C@]12C. The molecule has 4 aliphatic carbocycles. The van der Waals surface area contributed by atoms with E-state index in [1.165, 1.54) is 69.5 Å². The second-order valence-corrected chi connectivity index (χ2v) is 17.4. The monoisotopic (exact) mass is 652 g/mol. The van der Waals surface area contributed by atoms with Gasteiger partial charge >= 0.3 is 0 Å². The van der Waals surface area contributed by atoms with Gasteiger partial charge in [0.25, 0.3) is 0 Å². The van der Waals surface area contributed by atoms with E-state index in [1.54, 1.807) is 5.57 Å². The van der Waals surface area contributed by atoms with Crippen molar-refractivity contribution in [3.8, 4) is 0 Å². The summed E-state index contributed by atoms with van der Waals surface area (Å²) in [5.41, 5.74) is 1.82. The third kappa shape index (κ3) is 7.69. The molecule has 0 aromatic carbocycles. The number of hydrogen-bond donors (Lipinski definition) is 4. The van der Waals surface area contributed by atoms with Crippen LogP contribution in [0.1, 0.15) is 105 Å². The summed E-state index contributed by atoms with van der Waals surface area (Å²) >= 11 is 1.32. The summed E-state index contributed by atoms with van der Waals surface area (Å²) in [6.07, 6.45) is 12.8. The summed E-state index contributed by atoms with van der Waals surface area (Å²) < 4.78 is 17.7. The number of ether oxygens (including phenoxy) is 3. The van der Waals surface area contributed by atoms with Gasteiger partial charge in [-0.2, -0.15) is 0 Å². The minimum Gasteiger partial charge on any atom is -0.394 e. The molecule has 5 rings (SSSR count). The lowest BCUT2D eigenvalue weighted by molar-refractivity contribution is -0.205. The summed E-state index contributed by atoms with van der Waals surface area (Å²) in [5, 5.41) is 39.4. The lowest BCUT2D eigenvalue weighted by atomic mass is 9.47. The molecular formula is C37H64O7S. The molecule has 4 fully saturated rings. The summed E-state index contributed by atoms with van der Waals surface area (Å²) in [5.74, 6) is 5.74. The van der Waals surface area contributed by atoms with Gasteiger partial charge in [-0.25, -0.2) is 0 Å². The van der Waals surface area contributed by atoms with E-state index in [9.17, 15) is 20.4 Å². The van der Waals surface area contributed by atoms with Gasteiger partial charge in [-0.15, -0.1) is 11.8 Å². The molecule has 0 bridgehead atoms. The summed E-state index contributed by atoms with van der Waals surface area (Å²) in [7, 11) is 0. The number of thioether (sulfide) groups is 1. The van der Waals surface area contributed by atoms with Crippen molar-refractivity contribution in [2.75, 3.05) is 32.2 Å². The number of aliphatic hydroxyl groups is 4. The van der Waals surface area contributed by atoms with E-state index in [0.717, 1.165) is 48.3 Å². The highest BCUT2D eigenvalue weighted by atomic mass is 32.2. The van der Waals surface area contributed by atoms with Gasteiger partial charge in [0.1, 0.15) is 29.9 Å². The first-order valence-electron chi connectivity index (χ1n) is 18.3. The molecule has 13 atom stereocenters. The zero-order valence-corrected chi connectivity index (χ0v) is 29.6. The van der Waals surface area contributed by atoms with Gasteiger partial charge in [0.05, 0.1) is 32.5 Å². The molecule has 0 amide bonds. The molecule has 0 unspecified atom stereocenters. The maximum atomic E-state index is 10.2. The van der Waals surface area contributed by atoms with Crippen molar-refractivity contribution in [2.45, 2.75) is 141 Å². The maximum absolute atomic E-state index is 10.2. The Hall–Kier alpha value is -0.190. The number of rotatable bonds is 14. The second-order valence-electron chi connectivity index (χ2n) is 16.2. The number of fused-ring (bicyclic) bond motifs is 5. The predicted molar refractivity (Wildman–Crippen MR) is 180 cm³/mol. The van der Waals surface area contributed by atoms with Crippen molar-refractivity contribution < 1.29 is 34.6 Å². The van der Waals surface area contributed by atoms with Crippen LogP contribution in [0.4, 0.5) is 0 Å². The zero-order chi connectivity index (χ0) is 32.4. The fourth-order valence-electron chi connectivity index (χ4n) is 10.6. The van der Waals surface area contributed by atoms with Crippen LogP contribution in [0.2, 0.25) is 0 Å². The van der Waals surface area contributed by atoms with Gasteiger partial charge in [-0.3, -0.25) is 0 Å². The van der Waals surface area contributed by atoms with Crippen molar-refractivity contribution in [1.82, 2.24) is 0 Å². The summed E-state index contributed by atoms with van der Waals surface area (Å²) in [4.78, 5) is 0. The van der Waals surface area contributed by atoms with Crippen molar-refractivity contribution in [1.29, 1.82) is 0 Å². The molecule has 0 spiro atoms. The molecule has 1 aliphatic heterocycles. The zero-order valence-electron chi connectivity index (χ0n) is 28.7. The Morgan fingerprint density at radius 2 is 1.73 bits per heavy atom. The minimum absolute atomic E-state index is 0.268. The van der Waals surface area contributed by atoms with E-state index < -0.39 is 36.5 Å². The number of hydrogen-bond acceptors (Lipinski definition) is 8. The van der Waals surface area contributed by atoms with Gasteiger partial charge in [-0.05, 0) is 97.7 Å². The standard InChI is InChI=1S/C37H64O7S/c1-23(2)7-6-8-24(3)28-11-12-29-27-10-9-25-21-26(13-15-36(25,4)30(27)14-16-37(28,29)5)43-18-17-42-19-20-45-35-34(41)33(40)32(39)31(22-38)44-35/h9,23-24,26-35,38-41H,6-8,10-22H2,1-5H3/t24-,26+,27+,28-,29+,30+,31-,32+,33+,34-,35+,36+,37-/m1/s1. The lowest BCUT2D eigenvalue weighted by Gasteiger charge is -2.58. The van der Waals surface area contributed by atoms with Crippen LogP contribution in [0.5, 0.6) is 0 Å². The van der Waals surface area contributed by atoms with Crippen molar-refractivity contribution >= 4 is 11.8 Å². The van der Waals surface area contributed by atoms with Crippen LogP contribution in [-0.4, -0.2) is 88.6 Å². The molecule has 3 saturated carbocycles. The quantitative estimate of drug-likeness (QED) is 0.135. The number of allylic oxidation sites excluding steroid dienone is 1. The third-order valence-corrected chi connectivity index (χ3v) is 14.3. The average molecular weight is 653 g/mol. The Bertz CT molecular complexity index is 974. The smallest absolute Gasteiger partial charge is 0.132 e. The molecule has 5 aliphatic rings. The molecule has 7 nitrogen and oxygen atoms in total. The van der Waals surface area contributed by atoms with Gasteiger partial charge < -0.3 is 34.6 Å².